The van der Waals surface area contributed by atoms with Crippen molar-refractivity contribution in [3.63, 3.8) is 0 Å². The first kappa shape index (κ1) is 15.1. The number of carbonyl (C=O) groups excluding carboxylic acids is 1. The third-order valence-corrected chi connectivity index (χ3v) is 3.90. The van der Waals surface area contributed by atoms with E-state index in [1.165, 1.54) is 17.8 Å². The first-order valence-corrected chi connectivity index (χ1v) is 7.40. The normalized spacial score (nSPS) is 20.0. The number of nitrogens with one attached hydrogen (secondary N) is 1. The van der Waals surface area contributed by atoms with Crippen molar-refractivity contribution < 1.29 is 9.53 Å². The van der Waals surface area contributed by atoms with Crippen LogP contribution in [0.2, 0.25) is 0 Å². The lowest BCUT2D eigenvalue weighted by Crippen LogP contribution is -2.40. The Kier molecular flexibility index (Phi) is 4.60. The topological polar surface area (TPSA) is 87.9 Å². The van der Waals surface area contributed by atoms with E-state index in [1.54, 1.807) is 18.5 Å². The summed E-state index contributed by atoms with van der Waals surface area (Å²) in [6.07, 6.45) is 5.78. The molecule has 2 aromatic rings. The van der Waals surface area contributed by atoms with Crippen LogP contribution in [-0.2, 0) is 11.2 Å². The first-order valence-electron chi connectivity index (χ1n) is 7.40. The second-order valence-corrected chi connectivity index (χ2v) is 5.48. The Hall–Kier alpha value is -2.78. The second-order valence-electron chi connectivity index (χ2n) is 5.48. The molecule has 116 valence electrons. The van der Waals surface area contributed by atoms with Crippen LogP contribution < -0.4 is 5.32 Å². The number of nitrogens with zero attached hydrogens (tertiary/aromatic N) is 3. The molecule has 6 nitrogen and oxygen atoms in total. The highest BCUT2D eigenvalue weighted by Crippen LogP contribution is 2.19. The molecule has 0 bridgehead atoms. The number of ether oxygens (including phenoxy) is 1. The fourth-order valence-electron chi connectivity index (χ4n) is 2.63. The Morgan fingerprint density at radius 3 is 2.83 bits per heavy atom. The molecule has 0 spiro atoms. The molecule has 2 aromatic heterocycles. The van der Waals surface area contributed by atoms with E-state index in [1.807, 2.05) is 18.2 Å². The lowest BCUT2D eigenvalue weighted by atomic mass is 9.95. The van der Waals surface area contributed by atoms with Crippen molar-refractivity contribution >= 4 is 5.91 Å². The van der Waals surface area contributed by atoms with Gasteiger partial charge in [-0.05, 0) is 36.2 Å². The van der Waals surface area contributed by atoms with Crippen LogP contribution in [0.25, 0.3) is 0 Å². The van der Waals surface area contributed by atoms with Gasteiger partial charge in [0.1, 0.15) is 11.8 Å². The molecule has 0 unspecified atom stereocenters. The van der Waals surface area contributed by atoms with Crippen LogP contribution in [0.15, 0.2) is 42.9 Å². The van der Waals surface area contributed by atoms with Crippen molar-refractivity contribution in [2.45, 2.75) is 12.5 Å². The maximum Gasteiger partial charge on any atom is 0.253 e. The Bertz CT molecular complexity index is 710. The summed E-state index contributed by atoms with van der Waals surface area (Å²) in [6.45, 7) is 1.13. The van der Waals surface area contributed by atoms with Crippen molar-refractivity contribution in [2.75, 3.05) is 13.2 Å². The van der Waals surface area contributed by atoms with Crippen LogP contribution in [-0.4, -0.2) is 35.1 Å². The van der Waals surface area contributed by atoms with Gasteiger partial charge in [-0.25, -0.2) is 4.98 Å². The monoisotopic (exact) mass is 308 g/mol. The zero-order chi connectivity index (χ0) is 16.1. The van der Waals surface area contributed by atoms with Crippen LogP contribution >= 0.6 is 0 Å². The van der Waals surface area contributed by atoms with Crippen molar-refractivity contribution in [1.29, 1.82) is 5.26 Å². The number of amides is 1. The van der Waals surface area contributed by atoms with Gasteiger partial charge in [0.15, 0.2) is 0 Å². The summed E-state index contributed by atoms with van der Waals surface area (Å²) >= 11 is 0. The third-order valence-electron chi connectivity index (χ3n) is 3.90. The zero-order valence-electron chi connectivity index (χ0n) is 12.5. The van der Waals surface area contributed by atoms with Gasteiger partial charge < -0.3 is 10.1 Å². The molecule has 0 radical (unpaired) electrons. The fraction of sp³-hybridized carbons (Fsp3) is 0.294. The molecule has 2 atom stereocenters. The lowest BCUT2D eigenvalue weighted by molar-refractivity contribution is 0.0924. The molecular formula is C17H16N4O2. The van der Waals surface area contributed by atoms with Gasteiger partial charge in [0, 0.05) is 24.5 Å². The molecule has 0 saturated carbocycles. The average molecular weight is 308 g/mol. The zero-order valence-corrected chi connectivity index (χ0v) is 12.5. The molecule has 23 heavy (non-hydrogen) atoms. The minimum atomic E-state index is -0.197. The summed E-state index contributed by atoms with van der Waals surface area (Å²) in [5.74, 6) is 0.0323. The molecule has 3 rings (SSSR count). The highest BCUT2D eigenvalue weighted by Gasteiger charge is 2.29. The van der Waals surface area contributed by atoms with Crippen LogP contribution in [0, 0.1) is 17.2 Å². The number of hydrogen-bond acceptors (Lipinski definition) is 5. The van der Waals surface area contributed by atoms with Gasteiger partial charge in [-0.2, -0.15) is 5.26 Å². The molecule has 0 aromatic carbocycles. The number of pyridine rings is 2. The molecule has 0 aliphatic carbocycles. The number of aromatic nitrogens is 2. The highest BCUT2D eigenvalue weighted by molar-refractivity contribution is 5.94. The predicted octanol–water partition coefficient (Wildman–Crippen LogP) is 1.34. The van der Waals surface area contributed by atoms with E-state index in [4.69, 9.17) is 10.00 Å². The maximum atomic E-state index is 12.3. The van der Waals surface area contributed by atoms with Crippen molar-refractivity contribution in [2.24, 2.45) is 5.92 Å². The summed E-state index contributed by atoms with van der Waals surface area (Å²) < 4.78 is 5.53. The van der Waals surface area contributed by atoms with Gasteiger partial charge in [-0.15, -0.1) is 0 Å². The minimum absolute atomic E-state index is 0.0358. The van der Waals surface area contributed by atoms with Crippen LogP contribution in [0.5, 0.6) is 0 Å². The van der Waals surface area contributed by atoms with E-state index < -0.39 is 0 Å². The molecule has 6 heteroatoms. The summed E-state index contributed by atoms with van der Waals surface area (Å²) in [5.41, 5.74) is 1.91. The Balaban J connectivity index is 1.63. The van der Waals surface area contributed by atoms with Crippen molar-refractivity contribution in [3.05, 3.63) is 59.7 Å². The maximum absolute atomic E-state index is 12.3. The number of carbonyl (C=O) groups is 1. The van der Waals surface area contributed by atoms with E-state index in [9.17, 15) is 4.79 Å². The number of nitriles is 1. The largest absolute Gasteiger partial charge is 0.379 e. The van der Waals surface area contributed by atoms with Crippen LogP contribution in [0.3, 0.4) is 0 Å². The fourth-order valence-corrected chi connectivity index (χ4v) is 2.63. The highest BCUT2D eigenvalue weighted by atomic mass is 16.5. The van der Waals surface area contributed by atoms with Crippen LogP contribution in [0.4, 0.5) is 0 Å². The number of rotatable bonds is 4. The van der Waals surface area contributed by atoms with E-state index in [-0.39, 0.29) is 17.9 Å². The van der Waals surface area contributed by atoms with E-state index in [0.29, 0.717) is 24.5 Å². The van der Waals surface area contributed by atoms with E-state index >= 15 is 0 Å². The van der Waals surface area contributed by atoms with E-state index in [0.717, 1.165) is 6.42 Å². The van der Waals surface area contributed by atoms with Gasteiger partial charge in [-0.3, -0.25) is 9.78 Å². The molecule has 1 aliphatic heterocycles. The molecule has 1 amide bonds. The molecular weight excluding hydrogens is 292 g/mol. The molecule has 1 aliphatic rings. The lowest BCUT2D eigenvalue weighted by Gasteiger charge is -2.19. The third kappa shape index (κ3) is 3.71. The van der Waals surface area contributed by atoms with Crippen LogP contribution in [0.1, 0.15) is 21.6 Å². The smallest absolute Gasteiger partial charge is 0.253 e. The molecule has 1 fully saturated rings. The summed E-state index contributed by atoms with van der Waals surface area (Å²) in [6, 6.07) is 8.99. The van der Waals surface area contributed by atoms with Gasteiger partial charge in [-0.1, -0.05) is 0 Å². The predicted molar refractivity (Wildman–Crippen MR) is 82.5 cm³/mol. The van der Waals surface area contributed by atoms with Gasteiger partial charge in [0.05, 0.1) is 24.8 Å². The van der Waals surface area contributed by atoms with Gasteiger partial charge in [0.25, 0.3) is 5.91 Å². The average Bonchev–Trinajstić information content (AvgIpc) is 3.02. The first-order chi connectivity index (χ1) is 11.3. The summed E-state index contributed by atoms with van der Waals surface area (Å²) in [7, 11) is 0. The van der Waals surface area contributed by atoms with Gasteiger partial charge >= 0.3 is 0 Å². The minimum Gasteiger partial charge on any atom is -0.379 e. The van der Waals surface area contributed by atoms with Crippen molar-refractivity contribution in [1.82, 2.24) is 15.3 Å². The quantitative estimate of drug-likeness (QED) is 0.920. The summed E-state index contributed by atoms with van der Waals surface area (Å²) in [5, 5.41) is 11.7. The second kappa shape index (κ2) is 6.99. The number of hydrogen-bond donors (Lipinski definition) is 1. The Morgan fingerprint density at radius 2 is 2.13 bits per heavy atom. The molecule has 1 saturated heterocycles. The Morgan fingerprint density at radius 1 is 1.30 bits per heavy atom. The Labute approximate surface area is 134 Å². The van der Waals surface area contributed by atoms with Crippen molar-refractivity contribution in [3.8, 4) is 6.07 Å². The SMILES string of the molecule is N#Cc1ccc(C(=O)N[C@@H]2COC[C@H]2Cc2ccncc2)cn1. The molecule has 1 N–H and O–H groups in total. The summed E-state index contributed by atoms with van der Waals surface area (Å²) in [4.78, 5) is 20.2. The van der Waals surface area contributed by atoms with Gasteiger partial charge in [0.2, 0.25) is 0 Å². The van der Waals surface area contributed by atoms with E-state index in [2.05, 4.69) is 15.3 Å². The standard InChI is InChI=1S/C17H16N4O2/c18-8-15-2-1-13(9-20-15)17(22)21-16-11-23-10-14(16)7-12-3-5-19-6-4-12/h1-6,9,14,16H,7,10-11H2,(H,21,22)/t14-,16-/m1/s1. The molecule has 3 heterocycles.